The van der Waals surface area contributed by atoms with Crippen LogP contribution in [0.1, 0.15) is 24.0 Å². The Labute approximate surface area is 190 Å². The van der Waals surface area contributed by atoms with Crippen molar-refractivity contribution in [3.8, 4) is 22.7 Å². The number of halogens is 1. The van der Waals surface area contributed by atoms with E-state index < -0.39 is 0 Å². The summed E-state index contributed by atoms with van der Waals surface area (Å²) in [6.45, 7) is 6.21. The fourth-order valence-corrected chi connectivity index (χ4v) is 4.74. The first-order valence-electron chi connectivity index (χ1n) is 11.3. The fraction of sp³-hybridized carbons (Fsp3) is 0.423. The van der Waals surface area contributed by atoms with Crippen LogP contribution in [0.4, 0.5) is 4.39 Å². The highest BCUT2D eigenvalue weighted by Crippen LogP contribution is 2.29. The molecule has 0 unspecified atom stereocenters. The molecule has 0 spiro atoms. The first kappa shape index (κ1) is 22.5. The number of hydrogen-bond donors (Lipinski definition) is 0. The number of hydrogen-bond acceptors (Lipinski definition) is 4. The predicted octanol–water partition coefficient (Wildman–Crippen LogP) is 4.77. The molecule has 1 aromatic heterocycles. The minimum absolute atomic E-state index is 0.243. The van der Waals surface area contributed by atoms with Gasteiger partial charge in [-0.25, -0.2) is 9.07 Å². The zero-order valence-electron chi connectivity index (χ0n) is 19.5. The first-order valence-corrected chi connectivity index (χ1v) is 11.3. The number of aryl methyl sites for hydroxylation is 1. The first-order chi connectivity index (χ1) is 15.4. The zero-order valence-corrected chi connectivity index (χ0v) is 19.5. The Bertz CT molecular complexity index is 1060. The number of methoxy groups -OCH3 is 1. The van der Waals surface area contributed by atoms with Crippen LogP contribution in [-0.4, -0.2) is 60.4 Å². The van der Waals surface area contributed by atoms with Crippen LogP contribution in [0, 0.1) is 18.7 Å². The van der Waals surface area contributed by atoms with Gasteiger partial charge >= 0.3 is 0 Å². The van der Waals surface area contributed by atoms with Gasteiger partial charge in [0, 0.05) is 37.0 Å². The van der Waals surface area contributed by atoms with Gasteiger partial charge in [-0.15, -0.1) is 0 Å². The van der Waals surface area contributed by atoms with Gasteiger partial charge in [0.05, 0.1) is 18.5 Å². The quantitative estimate of drug-likeness (QED) is 0.534. The van der Waals surface area contributed by atoms with Crippen molar-refractivity contribution in [2.75, 3.05) is 40.8 Å². The summed E-state index contributed by atoms with van der Waals surface area (Å²) in [5, 5.41) is 4.89. The molecule has 2 aromatic carbocycles. The Kier molecular flexibility index (Phi) is 6.92. The number of ether oxygens (including phenoxy) is 1. The van der Waals surface area contributed by atoms with Crippen molar-refractivity contribution < 1.29 is 9.13 Å². The van der Waals surface area contributed by atoms with E-state index in [2.05, 4.69) is 49.1 Å². The summed E-state index contributed by atoms with van der Waals surface area (Å²) in [6, 6.07) is 13.2. The normalized spacial score (nSPS) is 17.1. The molecule has 1 aliphatic rings. The number of aromatic nitrogens is 2. The number of para-hydroxylation sites is 1. The van der Waals surface area contributed by atoms with Gasteiger partial charge in [0.25, 0.3) is 0 Å². The van der Waals surface area contributed by atoms with Crippen LogP contribution in [0.25, 0.3) is 16.9 Å². The molecule has 0 aliphatic carbocycles. The second-order valence-electron chi connectivity index (χ2n) is 9.05. The summed E-state index contributed by atoms with van der Waals surface area (Å²) in [4.78, 5) is 4.79. The molecule has 1 fully saturated rings. The van der Waals surface area contributed by atoms with E-state index in [1.807, 2.05) is 22.9 Å². The Morgan fingerprint density at radius 1 is 1.22 bits per heavy atom. The smallest absolute Gasteiger partial charge is 0.165 e. The third-order valence-electron chi connectivity index (χ3n) is 6.31. The van der Waals surface area contributed by atoms with E-state index in [0.717, 1.165) is 47.7 Å². The molecule has 0 bridgehead atoms. The van der Waals surface area contributed by atoms with Crippen LogP contribution >= 0.6 is 0 Å². The van der Waals surface area contributed by atoms with Gasteiger partial charge in [-0.05, 0) is 76.2 Å². The van der Waals surface area contributed by atoms with Crippen molar-refractivity contribution in [2.45, 2.75) is 26.3 Å². The highest BCUT2D eigenvalue weighted by molar-refractivity contribution is 5.64. The molecule has 1 atom stereocenters. The third kappa shape index (κ3) is 5.03. The average molecular weight is 437 g/mol. The van der Waals surface area contributed by atoms with Crippen LogP contribution in [0.5, 0.6) is 5.75 Å². The zero-order chi connectivity index (χ0) is 22.7. The van der Waals surface area contributed by atoms with E-state index in [4.69, 9.17) is 9.84 Å². The van der Waals surface area contributed by atoms with Crippen molar-refractivity contribution in [1.29, 1.82) is 0 Å². The molecule has 0 amide bonds. The number of likely N-dealkylation sites (tertiary alicyclic amines) is 1. The van der Waals surface area contributed by atoms with E-state index in [-0.39, 0.29) is 11.6 Å². The fourth-order valence-electron chi connectivity index (χ4n) is 4.74. The van der Waals surface area contributed by atoms with E-state index in [1.54, 1.807) is 6.07 Å². The Morgan fingerprint density at radius 3 is 2.75 bits per heavy atom. The molecule has 32 heavy (non-hydrogen) atoms. The SMILES string of the molecule is COc1ccc(-c2nn(-c3ccccc3C)cc2CN(C)C[C@H]2CCCN(C)C2)cc1F. The van der Waals surface area contributed by atoms with Crippen LogP contribution in [0.3, 0.4) is 0 Å². The molecule has 0 saturated carbocycles. The van der Waals surface area contributed by atoms with E-state index in [1.165, 1.54) is 32.6 Å². The van der Waals surface area contributed by atoms with Gasteiger partial charge in [0.2, 0.25) is 0 Å². The van der Waals surface area contributed by atoms with Crippen molar-refractivity contribution >= 4 is 0 Å². The minimum Gasteiger partial charge on any atom is -0.494 e. The van der Waals surface area contributed by atoms with Gasteiger partial charge in [-0.3, -0.25) is 0 Å². The second kappa shape index (κ2) is 9.84. The van der Waals surface area contributed by atoms with Crippen molar-refractivity contribution in [3.63, 3.8) is 0 Å². The molecule has 170 valence electrons. The Hall–Kier alpha value is -2.70. The molecule has 4 rings (SSSR count). The van der Waals surface area contributed by atoms with Gasteiger partial charge in [-0.2, -0.15) is 5.10 Å². The molecule has 5 nitrogen and oxygen atoms in total. The Morgan fingerprint density at radius 2 is 2.03 bits per heavy atom. The van der Waals surface area contributed by atoms with Crippen molar-refractivity contribution in [2.24, 2.45) is 5.92 Å². The maximum atomic E-state index is 14.5. The predicted molar refractivity (Wildman–Crippen MR) is 127 cm³/mol. The molecule has 1 aliphatic heterocycles. The van der Waals surface area contributed by atoms with Gasteiger partial charge in [-0.1, -0.05) is 18.2 Å². The van der Waals surface area contributed by atoms with Crippen molar-refractivity contribution in [3.05, 3.63) is 65.6 Å². The topological polar surface area (TPSA) is 33.5 Å². The van der Waals surface area contributed by atoms with Gasteiger partial charge < -0.3 is 14.5 Å². The molecule has 0 radical (unpaired) electrons. The highest BCUT2D eigenvalue weighted by atomic mass is 19.1. The maximum absolute atomic E-state index is 14.5. The molecule has 6 heteroatoms. The molecular weight excluding hydrogens is 403 g/mol. The lowest BCUT2D eigenvalue weighted by molar-refractivity contribution is 0.164. The molecular formula is C26H33FN4O. The van der Waals surface area contributed by atoms with Crippen LogP contribution in [0.15, 0.2) is 48.7 Å². The number of benzene rings is 2. The number of piperidine rings is 1. The van der Waals surface area contributed by atoms with Crippen LogP contribution in [-0.2, 0) is 6.54 Å². The summed E-state index contributed by atoms with van der Waals surface area (Å²) in [6.07, 6.45) is 4.62. The summed E-state index contributed by atoms with van der Waals surface area (Å²) in [5.41, 5.74) is 4.83. The van der Waals surface area contributed by atoms with E-state index in [0.29, 0.717) is 5.92 Å². The van der Waals surface area contributed by atoms with Gasteiger partial charge in [0.1, 0.15) is 0 Å². The largest absolute Gasteiger partial charge is 0.494 e. The molecule has 1 saturated heterocycles. The number of nitrogens with zero attached hydrogens (tertiary/aromatic N) is 4. The number of rotatable bonds is 7. The summed E-state index contributed by atoms with van der Waals surface area (Å²) in [7, 11) is 5.85. The standard InChI is InChI=1S/C26H33FN4O/c1-19-8-5-6-10-24(19)31-18-22(17-30(3)16-20-9-7-13-29(2)15-20)26(28-31)21-11-12-25(32-4)23(27)14-21/h5-6,8,10-12,14,18,20H,7,9,13,15-17H2,1-4H3/t20-/m0/s1. The monoisotopic (exact) mass is 436 g/mol. The van der Waals surface area contributed by atoms with Gasteiger partial charge in [0.15, 0.2) is 11.6 Å². The Balaban J connectivity index is 1.65. The minimum atomic E-state index is -0.375. The summed E-state index contributed by atoms with van der Waals surface area (Å²) in [5.74, 6) is 0.541. The highest BCUT2D eigenvalue weighted by Gasteiger charge is 2.21. The molecule has 2 heterocycles. The lowest BCUT2D eigenvalue weighted by Crippen LogP contribution is -2.37. The third-order valence-corrected chi connectivity index (χ3v) is 6.31. The van der Waals surface area contributed by atoms with Crippen LogP contribution in [0.2, 0.25) is 0 Å². The second-order valence-corrected chi connectivity index (χ2v) is 9.05. The van der Waals surface area contributed by atoms with E-state index >= 15 is 0 Å². The maximum Gasteiger partial charge on any atom is 0.165 e. The lowest BCUT2D eigenvalue weighted by Gasteiger charge is -2.32. The van der Waals surface area contributed by atoms with Crippen LogP contribution < -0.4 is 4.74 Å². The molecule has 3 aromatic rings. The lowest BCUT2D eigenvalue weighted by atomic mass is 9.98. The van der Waals surface area contributed by atoms with E-state index in [9.17, 15) is 4.39 Å². The molecule has 0 N–H and O–H groups in total. The summed E-state index contributed by atoms with van der Waals surface area (Å²) < 4.78 is 21.5. The van der Waals surface area contributed by atoms with Crippen molar-refractivity contribution in [1.82, 2.24) is 19.6 Å². The average Bonchev–Trinajstić information content (AvgIpc) is 3.17. The summed E-state index contributed by atoms with van der Waals surface area (Å²) >= 11 is 0.